The second-order valence-electron chi connectivity index (χ2n) is 6.39. The lowest BCUT2D eigenvalue weighted by Crippen LogP contribution is -2.42. The van der Waals surface area contributed by atoms with Crippen LogP contribution in [0.15, 0.2) is 54.6 Å². The van der Waals surface area contributed by atoms with E-state index >= 15 is 0 Å². The molecule has 0 aromatic heterocycles. The highest BCUT2D eigenvalue weighted by Gasteiger charge is 2.27. The van der Waals surface area contributed by atoms with Crippen LogP contribution in [0.4, 0.5) is 4.79 Å². The lowest BCUT2D eigenvalue weighted by molar-refractivity contribution is -0.151. The van der Waals surface area contributed by atoms with Gasteiger partial charge in [0.25, 0.3) is 5.78 Å². The predicted octanol–water partition coefficient (Wildman–Crippen LogP) is 3.18. The zero-order valence-electron chi connectivity index (χ0n) is 15.6. The van der Waals surface area contributed by atoms with Crippen LogP contribution >= 0.6 is 0 Å². The van der Waals surface area contributed by atoms with Crippen molar-refractivity contribution in [2.75, 3.05) is 6.61 Å². The van der Waals surface area contributed by atoms with E-state index in [-0.39, 0.29) is 31.1 Å². The number of rotatable bonds is 7. The number of nitrogens with one attached hydrogen (secondary N) is 1. The third-order valence-electron chi connectivity index (χ3n) is 4.37. The highest BCUT2D eigenvalue weighted by Crippen LogP contribution is 2.27. The lowest BCUT2D eigenvalue weighted by atomic mass is 9.80. The third-order valence-corrected chi connectivity index (χ3v) is 4.37. The smallest absolute Gasteiger partial charge is 0.407 e. The standard InChI is InChI=1S/C21H25NO5/c1-3-26-20(24)19(23)13-12-17-15(2)8-7-11-18(17)22-21(25)27-14-16-9-5-4-6-10-16/h4-7,9-13,15,17-18H,3,8,14H2,1-2H3,(H,22,25)/b13-12+/t15-,17-,18+/m1/s1. The molecule has 1 aromatic carbocycles. The van der Waals surface area contributed by atoms with E-state index in [9.17, 15) is 14.4 Å². The highest BCUT2D eigenvalue weighted by molar-refractivity contribution is 6.38. The Morgan fingerprint density at radius 3 is 2.63 bits per heavy atom. The van der Waals surface area contributed by atoms with Gasteiger partial charge in [-0.25, -0.2) is 9.59 Å². The summed E-state index contributed by atoms with van der Waals surface area (Å²) in [6.45, 7) is 4.00. The predicted molar refractivity (Wildman–Crippen MR) is 101 cm³/mol. The minimum atomic E-state index is -0.875. The van der Waals surface area contributed by atoms with E-state index in [2.05, 4.69) is 5.32 Å². The molecular weight excluding hydrogens is 346 g/mol. The van der Waals surface area contributed by atoms with Crippen LogP contribution in [0, 0.1) is 11.8 Å². The minimum absolute atomic E-state index is 0.127. The molecule has 1 aliphatic carbocycles. The summed E-state index contributed by atoms with van der Waals surface area (Å²) in [5, 5.41) is 2.82. The zero-order chi connectivity index (χ0) is 19.6. The maximum Gasteiger partial charge on any atom is 0.407 e. The average Bonchev–Trinajstić information content (AvgIpc) is 2.66. The highest BCUT2D eigenvalue weighted by atomic mass is 16.5. The molecule has 27 heavy (non-hydrogen) atoms. The molecule has 1 N–H and O–H groups in total. The summed E-state index contributed by atoms with van der Waals surface area (Å²) in [7, 11) is 0. The summed E-state index contributed by atoms with van der Waals surface area (Å²) in [6, 6.07) is 9.09. The first-order chi connectivity index (χ1) is 13.0. The van der Waals surface area contributed by atoms with E-state index in [1.165, 1.54) is 6.08 Å². The molecule has 1 aromatic rings. The van der Waals surface area contributed by atoms with Crippen LogP contribution < -0.4 is 5.32 Å². The van der Waals surface area contributed by atoms with Gasteiger partial charge in [0.1, 0.15) is 6.61 Å². The summed E-state index contributed by atoms with van der Waals surface area (Å²) in [5.41, 5.74) is 0.900. The summed E-state index contributed by atoms with van der Waals surface area (Å²) in [6.07, 6.45) is 7.05. The maximum absolute atomic E-state index is 12.1. The molecule has 0 aliphatic heterocycles. The van der Waals surface area contributed by atoms with Crippen molar-refractivity contribution in [2.45, 2.75) is 32.9 Å². The molecule has 6 heteroatoms. The fourth-order valence-electron chi connectivity index (χ4n) is 2.90. The zero-order valence-corrected chi connectivity index (χ0v) is 15.6. The Kier molecular flexibility index (Phi) is 7.79. The van der Waals surface area contributed by atoms with Crippen molar-refractivity contribution in [1.29, 1.82) is 0 Å². The number of carbonyl (C=O) groups excluding carboxylic acids is 3. The molecule has 1 amide bonds. The van der Waals surface area contributed by atoms with Gasteiger partial charge in [-0.2, -0.15) is 0 Å². The van der Waals surface area contributed by atoms with Crippen LogP contribution in [0.1, 0.15) is 25.8 Å². The van der Waals surface area contributed by atoms with Gasteiger partial charge in [0.2, 0.25) is 0 Å². The molecule has 0 heterocycles. The van der Waals surface area contributed by atoms with Gasteiger partial charge in [-0.1, -0.05) is 55.5 Å². The maximum atomic E-state index is 12.1. The average molecular weight is 371 g/mol. The number of ketones is 1. The first-order valence-corrected chi connectivity index (χ1v) is 9.04. The van der Waals surface area contributed by atoms with Crippen molar-refractivity contribution in [3.63, 3.8) is 0 Å². The van der Waals surface area contributed by atoms with E-state index < -0.39 is 17.8 Å². The Hall–Kier alpha value is -2.89. The van der Waals surface area contributed by atoms with Crippen molar-refractivity contribution in [2.24, 2.45) is 11.8 Å². The number of alkyl carbamates (subject to hydrolysis) is 1. The van der Waals surface area contributed by atoms with Gasteiger partial charge in [0.05, 0.1) is 12.6 Å². The molecule has 0 saturated carbocycles. The Morgan fingerprint density at radius 1 is 1.19 bits per heavy atom. The van der Waals surface area contributed by atoms with Crippen LogP contribution in [-0.4, -0.2) is 30.5 Å². The Bertz CT molecular complexity index is 711. The molecule has 1 aliphatic rings. The molecule has 0 spiro atoms. The van der Waals surface area contributed by atoms with Crippen molar-refractivity contribution in [1.82, 2.24) is 5.32 Å². The summed E-state index contributed by atoms with van der Waals surface area (Å²) < 4.78 is 9.95. The van der Waals surface area contributed by atoms with Gasteiger partial charge in [-0.15, -0.1) is 0 Å². The second-order valence-corrected chi connectivity index (χ2v) is 6.39. The third kappa shape index (κ3) is 6.40. The van der Waals surface area contributed by atoms with E-state index in [4.69, 9.17) is 9.47 Å². The minimum Gasteiger partial charge on any atom is -0.460 e. The number of hydrogen-bond donors (Lipinski definition) is 1. The normalized spacial score (nSPS) is 21.6. The van der Waals surface area contributed by atoms with Crippen molar-refractivity contribution < 1.29 is 23.9 Å². The fourth-order valence-corrected chi connectivity index (χ4v) is 2.90. The van der Waals surface area contributed by atoms with Gasteiger partial charge in [0, 0.05) is 5.92 Å². The number of ether oxygens (including phenoxy) is 2. The second kappa shape index (κ2) is 10.3. The fraction of sp³-hybridized carbons (Fsp3) is 0.381. The number of allylic oxidation sites excluding steroid dienone is 1. The first kappa shape index (κ1) is 20.4. The van der Waals surface area contributed by atoms with Crippen LogP contribution in [0.5, 0.6) is 0 Å². The monoisotopic (exact) mass is 371 g/mol. The van der Waals surface area contributed by atoms with Crippen molar-refractivity contribution in [3.05, 3.63) is 60.2 Å². The topological polar surface area (TPSA) is 81.7 Å². The molecule has 2 rings (SSSR count). The van der Waals surface area contributed by atoms with E-state index in [0.29, 0.717) is 0 Å². The summed E-state index contributed by atoms with van der Waals surface area (Å²) >= 11 is 0. The van der Waals surface area contributed by atoms with Crippen molar-refractivity contribution >= 4 is 17.8 Å². The summed E-state index contributed by atoms with van der Waals surface area (Å²) in [4.78, 5) is 35.4. The van der Waals surface area contributed by atoms with Crippen LogP contribution in [0.3, 0.4) is 0 Å². The number of amides is 1. The molecule has 144 valence electrons. The molecule has 0 radical (unpaired) electrons. The molecule has 6 nitrogen and oxygen atoms in total. The van der Waals surface area contributed by atoms with Gasteiger partial charge >= 0.3 is 12.1 Å². The number of benzene rings is 1. The molecule has 0 fully saturated rings. The lowest BCUT2D eigenvalue weighted by Gasteiger charge is -2.31. The molecule has 3 atom stereocenters. The Morgan fingerprint density at radius 2 is 1.93 bits per heavy atom. The molecule has 0 saturated heterocycles. The van der Waals surface area contributed by atoms with E-state index in [1.807, 2.05) is 49.4 Å². The SMILES string of the molecule is CCOC(=O)C(=O)/C=C/[C@@H]1[C@H](C)CC=C[C@@H]1NC(=O)OCc1ccccc1. The van der Waals surface area contributed by atoms with Gasteiger partial charge in [-0.05, 0) is 30.9 Å². The Labute approximate surface area is 159 Å². The van der Waals surface area contributed by atoms with E-state index in [0.717, 1.165) is 12.0 Å². The Balaban J connectivity index is 1.95. The number of carbonyl (C=O) groups is 3. The number of esters is 1. The van der Waals surface area contributed by atoms with Crippen LogP contribution in [0.2, 0.25) is 0 Å². The van der Waals surface area contributed by atoms with Gasteiger partial charge in [-0.3, -0.25) is 4.79 Å². The van der Waals surface area contributed by atoms with Gasteiger partial charge in [0.15, 0.2) is 0 Å². The number of hydrogen-bond acceptors (Lipinski definition) is 5. The van der Waals surface area contributed by atoms with E-state index in [1.54, 1.807) is 13.0 Å². The first-order valence-electron chi connectivity index (χ1n) is 9.04. The quantitative estimate of drug-likeness (QED) is 0.345. The molecule has 0 bridgehead atoms. The molecule has 0 unspecified atom stereocenters. The van der Waals surface area contributed by atoms with Gasteiger partial charge < -0.3 is 14.8 Å². The molecular formula is C21H25NO5. The van der Waals surface area contributed by atoms with Crippen LogP contribution in [-0.2, 0) is 25.7 Å². The summed E-state index contributed by atoms with van der Waals surface area (Å²) in [5.74, 6) is -1.51. The van der Waals surface area contributed by atoms with Crippen LogP contribution in [0.25, 0.3) is 0 Å². The van der Waals surface area contributed by atoms with Crippen molar-refractivity contribution in [3.8, 4) is 0 Å². The largest absolute Gasteiger partial charge is 0.460 e.